The molecule has 0 amide bonds. The van der Waals surface area contributed by atoms with Gasteiger partial charge in [-0.15, -0.1) is 0 Å². The molecule has 4 fully saturated rings. The molecule has 12 nitrogen and oxygen atoms in total. The normalized spacial score (nSPS) is 32.9. The van der Waals surface area contributed by atoms with Crippen LogP contribution in [0, 0.1) is 10.8 Å². The van der Waals surface area contributed by atoms with Gasteiger partial charge in [-0.2, -0.15) is 0 Å². The van der Waals surface area contributed by atoms with Crippen molar-refractivity contribution in [1.29, 1.82) is 0 Å². The summed E-state index contributed by atoms with van der Waals surface area (Å²) in [6.07, 6.45) is 16.9. The molecule has 4 spiro atoms. The number of hydrogen-bond acceptors (Lipinski definition) is 12. The van der Waals surface area contributed by atoms with E-state index in [1.807, 2.05) is 27.7 Å². The molecule has 0 N–H and O–H groups in total. The molecule has 2 saturated carbocycles. The molecule has 8 atom stereocenters. The summed E-state index contributed by atoms with van der Waals surface area (Å²) in [6.45, 7) is 8.84. The third kappa shape index (κ3) is 3.97. The Bertz CT molecular complexity index is 8280. The van der Waals surface area contributed by atoms with Crippen molar-refractivity contribution in [3.8, 4) is 0 Å². The van der Waals surface area contributed by atoms with Gasteiger partial charge >= 0.3 is 23.9 Å². The van der Waals surface area contributed by atoms with Gasteiger partial charge in [0.05, 0.1) is 72.5 Å². The zero-order valence-corrected chi connectivity index (χ0v) is 62.2. The Balaban J connectivity index is 0.737. The maximum Gasteiger partial charge on any atom is 0.326 e. The molecular formula is C100H64O12. The summed E-state index contributed by atoms with van der Waals surface area (Å²) >= 11 is 0. The Morgan fingerprint density at radius 3 is 0.482 bits per heavy atom. The SMILES string of the molecule is CC1(C)O[C@H]2CCCCCCOC(=O)C34C(=O)OCCCCCC[C@@H]5OC(C)(C)O[C@H]5CCCCCCOC(=O)C5(C(=O)OCCCCCC[C@@H]2O1)C12c6c7c8c9c%10c%11c%12c%13c%14c%15c%16c%17c(c8c8c6c6c%18c%19c%20c(c%21c%22c1c7c%10c1c%22c7c%21c%10c%20c%20c%21c%19c%19c6c8c%17c6c%16c8c%14c%14c%16c%13c(c%111)c7c%16c%10c%20c%14c8c%21c6%19)C%1852)C93C%12%154. The first kappa shape index (κ1) is 55.0. The van der Waals surface area contributed by atoms with E-state index in [-0.39, 0.29) is 50.8 Å². The van der Waals surface area contributed by atoms with E-state index in [2.05, 4.69) is 0 Å². The lowest BCUT2D eigenvalue weighted by atomic mass is 9.67. The second-order valence-corrected chi connectivity index (χ2v) is 40.3. The number of fused-ring (bicyclic) bond motifs is 2. The fourth-order valence-corrected chi connectivity index (χ4v) is 35.1. The molecule has 10 aliphatic carbocycles. The number of esters is 4. The highest BCUT2D eigenvalue weighted by atomic mass is 16.8. The summed E-state index contributed by atoms with van der Waals surface area (Å²) in [6, 6.07) is 0. The van der Waals surface area contributed by atoms with Crippen molar-refractivity contribution in [2.75, 3.05) is 26.4 Å². The first-order chi connectivity index (χ1) is 54.9. The van der Waals surface area contributed by atoms with Gasteiger partial charge in [-0.05, 0) is 382 Å². The van der Waals surface area contributed by atoms with Crippen LogP contribution in [0.4, 0.5) is 0 Å². The van der Waals surface area contributed by atoms with E-state index in [1.165, 1.54) is 270 Å². The molecule has 2 saturated heterocycles. The number of hydrogen-bond donors (Lipinski definition) is 0. The summed E-state index contributed by atoms with van der Waals surface area (Å²) in [4.78, 5) is 73.2. The van der Waals surface area contributed by atoms with Gasteiger partial charge in [-0.1, -0.05) is 77.0 Å². The molecule has 4 aliphatic heterocycles. The van der Waals surface area contributed by atoms with E-state index in [9.17, 15) is 0 Å². The molecule has 0 aromatic heterocycles. The summed E-state index contributed by atoms with van der Waals surface area (Å²) in [5.41, 5.74) is 0.230. The largest absolute Gasteiger partial charge is 0.465 e. The van der Waals surface area contributed by atoms with Gasteiger partial charge in [0.15, 0.2) is 22.4 Å². The minimum Gasteiger partial charge on any atom is -0.465 e. The van der Waals surface area contributed by atoms with Crippen LogP contribution >= 0.6 is 0 Å². The predicted molar refractivity (Wildman–Crippen MR) is 436 cm³/mol. The molecule has 112 heavy (non-hydrogen) atoms. The van der Waals surface area contributed by atoms with Crippen LogP contribution in [0.25, 0.3) is 259 Å². The molecular weight excluding hydrogens is 1390 g/mol. The fraction of sp³-hybridized carbons (Fsp3) is 0.400. The Hall–Kier alpha value is -9.56. The van der Waals surface area contributed by atoms with Gasteiger partial charge in [-0.25, -0.2) is 0 Å². The van der Waals surface area contributed by atoms with Crippen LogP contribution in [0.1, 0.15) is 201 Å². The predicted octanol–water partition coefficient (Wildman–Crippen LogP) is 21.9. The number of cyclic esters (lactones) is 4. The number of carbonyl (C=O) groups excluding carboxylic acids is 4. The fourth-order valence-electron chi connectivity index (χ4n) is 35.1. The van der Waals surface area contributed by atoms with E-state index >= 15 is 19.2 Å². The van der Waals surface area contributed by atoms with Crippen molar-refractivity contribution >= 4 is 282 Å². The van der Waals surface area contributed by atoms with Crippen molar-refractivity contribution in [2.45, 2.75) is 214 Å². The van der Waals surface area contributed by atoms with E-state index in [0.717, 1.165) is 136 Å². The molecule has 4 heterocycles. The van der Waals surface area contributed by atoms with Crippen LogP contribution in [0.15, 0.2) is 0 Å². The highest BCUT2D eigenvalue weighted by molar-refractivity contribution is 6.79. The van der Waals surface area contributed by atoms with E-state index in [1.54, 1.807) is 0 Å². The average molecular weight is 1460 g/mol. The lowest BCUT2D eigenvalue weighted by Gasteiger charge is -2.32. The zero-order chi connectivity index (χ0) is 71.6. The Labute approximate surface area is 631 Å². The zero-order valence-electron chi connectivity index (χ0n) is 62.2. The molecule has 536 valence electrons. The number of carbonyl (C=O) groups is 4. The minimum atomic E-state index is -1.92. The maximum atomic E-state index is 18.3. The first-order valence-electron chi connectivity index (χ1n) is 43.3. The summed E-state index contributed by atoms with van der Waals surface area (Å²) < 4.78 is 56.4. The van der Waals surface area contributed by atoms with Crippen LogP contribution in [0.3, 0.4) is 0 Å². The highest BCUT2D eigenvalue weighted by Crippen LogP contribution is 3.01. The van der Waals surface area contributed by atoms with Crippen molar-refractivity contribution in [2.24, 2.45) is 10.8 Å². The van der Waals surface area contributed by atoms with Crippen LogP contribution in [0.2, 0.25) is 0 Å². The topological polar surface area (TPSA) is 142 Å². The van der Waals surface area contributed by atoms with E-state index in [0.29, 0.717) is 25.7 Å². The van der Waals surface area contributed by atoms with Crippen LogP contribution in [0.5, 0.6) is 0 Å². The maximum absolute atomic E-state index is 18.3. The smallest absolute Gasteiger partial charge is 0.326 e. The monoisotopic (exact) mass is 1460 g/mol. The van der Waals surface area contributed by atoms with E-state index < -0.39 is 67.9 Å². The lowest BCUT2D eigenvalue weighted by molar-refractivity contribution is -0.168. The van der Waals surface area contributed by atoms with Gasteiger partial charge in [0.1, 0.15) is 0 Å². The molecule has 14 aliphatic rings. The van der Waals surface area contributed by atoms with Gasteiger partial charge < -0.3 is 37.9 Å². The van der Waals surface area contributed by atoms with Gasteiger partial charge in [0, 0.05) is 0 Å². The quantitative estimate of drug-likeness (QED) is 0.0617. The van der Waals surface area contributed by atoms with Gasteiger partial charge in [0.2, 0.25) is 0 Å². The Morgan fingerprint density at radius 2 is 0.312 bits per heavy atom. The molecule has 0 radical (unpaired) electrons. The van der Waals surface area contributed by atoms with Crippen LogP contribution < -0.4 is 0 Å². The van der Waals surface area contributed by atoms with Crippen molar-refractivity contribution in [3.05, 3.63) is 44.5 Å². The number of rotatable bonds is 0. The lowest BCUT2D eigenvalue weighted by Crippen LogP contribution is -2.39. The van der Waals surface area contributed by atoms with Gasteiger partial charge in [-0.3, -0.25) is 19.2 Å². The third-order valence-corrected chi connectivity index (χ3v) is 36.5. The van der Waals surface area contributed by atoms with Crippen molar-refractivity contribution < 1.29 is 57.1 Å². The Kier molecular flexibility index (Phi) is 7.30. The summed E-state index contributed by atoms with van der Waals surface area (Å²) in [5.74, 6) is -3.17. The molecule has 38 rings (SSSR count). The summed E-state index contributed by atoms with van der Waals surface area (Å²) in [7, 11) is 0. The second kappa shape index (κ2) is 14.9. The standard InChI is InChI=1S/C100H64O12/c1-93(2)109-29-21-13-5-9-17-25-105-89(101)99-91(103)107-27-19-11-7-15-23-31-32(112-94(3,4)111-31)24-16-8-12-20-28-108-92(104)100(90(102)106-26-18-10-6-14-22-30(29)110-93)96-82-66-54-42-34-33-37-36-40-48-56(44(36)42)68(66)84(96)74-62(48)51-59-49(40)57-45(37)53-41(33)43-35-38(34)46(54)58-50-39(35)47-55(43)67-65(53)81-69(57)71(59)85-77-64(51)76(74)88-80-78-63-52(60(50)72(70(58)82)86(78)98(88,96)100)61(47)73-75(63)87(79(77)80)97(85,99)95(81,99)83(67)73/h29-32H,5-28H2,1-4H3/t29-,30-,31-,32-,95?,96?,97?,98?,99?,100?/m0/s1. The minimum absolute atomic E-state index is 0.0417. The van der Waals surface area contributed by atoms with Gasteiger partial charge in [0.25, 0.3) is 0 Å². The van der Waals surface area contributed by atoms with E-state index in [4.69, 9.17) is 37.9 Å². The summed E-state index contributed by atoms with van der Waals surface area (Å²) in [5, 5.41) is 62.9. The van der Waals surface area contributed by atoms with Crippen molar-refractivity contribution in [3.63, 3.8) is 0 Å². The third-order valence-electron chi connectivity index (χ3n) is 36.5. The van der Waals surface area contributed by atoms with Crippen LogP contribution in [-0.2, 0) is 78.7 Å². The average Bonchev–Trinajstić information content (AvgIpc) is 1.34. The molecule has 4 unspecified atom stereocenters. The van der Waals surface area contributed by atoms with Crippen LogP contribution in [-0.4, -0.2) is 86.3 Å². The number of ether oxygens (including phenoxy) is 8. The number of benzene rings is 16. The Morgan fingerprint density at radius 1 is 0.179 bits per heavy atom. The first-order valence-corrected chi connectivity index (χ1v) is 43.3. The molecule has 24 aromatic rings. The molecule has 12 heteroatoms. The molecule has 24 aromatic carbocycles. The van der Waals surface area contributed by atoms with Crippen molar-refractivity contribution in [1.82, 2.24) is 0 Å². The second-order valence-electron chi connectivity index (χ2n) is 40.3. The molecule has 8 bridgehead atoms. The highest BCUT2D eigenvalue weighted by Gasteiger charge is 3.04.